The first kappa shape index (κ1) is 13.6. The van der Waals surface area contributed by atoms with Crippen molar-refractivity contribution in [3.05, 3.63) is 58.5 Å². The Balaban J connectivity index is 1.95. The summed E-state index contributed by atoms with van der Waals surface area (Å²) in [4.78, 5) is 25.1. The molecule has 2 aromatic heterocycles. The summed E-state index contributed by atoms with van der Waals surface area (Å²) in [5.41, 5.74) is 2.55. The number of benzene rings is 1. The summed E-state index contributed by atoms with van der Waals surface area (Å²) < 4.78 is 0.900. The molecule has 0 aliphatic heterocycles. The van der Waals surface area contributed by atoms with Gasteiger partial charge in [0.1, 0.15) is 11.3 Å². The first-order valence-electron chi connectivity index (χ1n) is 6.29. The zero-order valence-corrected chi connectivity index (χ0v) is 12.8. The Morgan fingerprint density at radius 1 is 1.14 bits per heavy atom. The molecule has 0 aliphatic carbocycles. The Kier molecular flexibility index (Phi) is 3.62. The lowest BCUT2D eigenvalue weighted by Crippen LogP contribution is -2.14. The van der Waals surface area contributed by atoms with E-state index in [4.69, 9.17) is 0 Å². The second kappa shape index (κ2) is 5.57. The summed E-state index contributed by atoms with van der Waals surface area (Å²) in [5, 5.41) is 2.78. The van der Waals surface area contributed by atoms with E-state index in [1.54, 1.807) is 30.6 Å². The van der Waals surface area contributed by atoms with E-state index in [-0.39, 0.29) is 5.91 Å². The molecule has 2 heterocycles. The van der Waals surface area contributed by atoms with Crippen LogP contribution in [0.15, 0.2) is 47.2 Å². The predicted molar refractivity (Wildman–Crippen MR) is 84.2 cm³/mol. The van der Waals surface area contributed by atoms with Gasteiger partial charge in [0, 0.05) is 16.9 Å². The van der Waals surface area contributed by atoms with Crippen LogP contribution in [0.25, 0.3) is 11.0 Å². The molecule has 1 amide bonds. The normalized spacial score (nSPS) is 10.6. The smallest absolute Gasteiger partial charge is 0.259 e. The molecule has 6 heteroatoms. The van der Waals surface area contributed by atoms with E-state index in [0.717, 1.165) is 10.2 Å². The number of para-hydroxylation sites is 1. The molecule has 1 N–H and O–H groups in total. The molecule has 0 saturated carbocycles. The van der Waals surface area contributed by atoms with E-state index in [2.05, 4.69) is 36.2 Å². The molecule has 0 radical (unpaired) electrons. The summed E-state index contributed by atoms with van der Waals surface area (Å²) >= 11 is 3.38. The van der Waals surface area contributed by atoms with Gasteiger partial charge < -0.3 is 5.32 Å². The minimum atomic E-state index is -0.254. The number of hydrogen-bond donors (Lipinski definition) is 1. The Morgan fingerprint density at radius 2 is 1.95 bits per heavy atom. The van der Waals surface area contributed by atoms with Gasteiger partial charge in [0.25, 0.3) is 5.91 Å². The standard InChI is InChI=1S/C15H11BrN4O/c1-9-11(16)5-6-13(19-9)20-15(21)10-3-2-4-12-14(10)18-8-7-17-12/h2-8H,1H3,(H,19,20,21). The van der Waals surface area contributed by atoms with Crippen molar-refractivity contribution in [2.75, 3.05) is 5.32 Å². The molecule has 3 aromatic rings. The molecule has 104 valence electrons. The number of nitrogens with one attached hydrogen (secondary N) is 1. The molecule has 0 bridgehead atoms. The second-order valence-corrected chi connectivity index (χ2v) is 5.30. The van der Waals surface area contributed by atoms with Crippen LogP contribution < -0.4 is 5.32 Å². The Hall–Kier alpha value is -2.34. The fourth-order valence-electron chi connectivity index (χ4n) is 1.97. The molecule has 0 saturated heterocycles. The molecule has 0 spiro atoms. The maximum Gasteiger partial charge on any atom is 0.259 e. The van der Waals surface area contributed by atoms with Crippen molar-refractivity contribution in [1.29, 1.82) is 0 Å². The largest absolute Gasteiger partial charge is 0.306 e. The number of pyridine rings is 1. The van der Waals surface area contributed by atoms with Crippen molar-refractivity contribution in [2.45, 2.75) is 6.92 Å². The van der Waals surface area contributed by atoms with Crippen molar-refractivity contribution in [3.63, 3.8) is 0 Å². The van der Waals surface area contributed by atoms with Crippen LogP contribution >= 0.6 is 15.9 Å². The molecular weight excluding hydrogens is 332 g/mol. The van der Waals surface area contributed by atoms with Crippen LogP contribution in [0.3, 0.4) is 0 Å². The fraction of sp³-hybridized carbons (Fsp3) is 0.0667. The highest BCUT2D eigenvalue weighted by atomic mass is 79.9. The van der Waals surface area contributed by atoms with Gasteiger partial charge in [-0.05, 0) is 47.1 Å². The zero-order valence-electron chi connectivity index (χ0n) is 11.2. The van der Waals surface area contributed by atoms with Crippen LogP contribution in [-0.2, 0) is 0 Å². The number of aryl methyl sites for hydroxylation is 1. The summed E-state index contributed by atoms with van der Waals surface area (Å²) in [5.74, 6) is 0.247. The predicted octanol–water partition coefficient (Wildman–Crippen LogP) is 3.35. The topological polar surface area (TPSA) is 67.8 Å². The van der Waals surface area contributed by atoms with Crippen LogP contribution in [0.2, 0.25) is 0 Å². The van der Waals surface area contributed by atoms with E-state index in [9.17, 15) is 4.79 Å². The first-order valence-corrected chi connectivity index (χ1v) is 7.08. The number of aromatic nitrogens is 3. The average Bonchev–Trinajstić information content (AvgIpc) is 2.50. The molecule has 0 atom stereocenters. The molecule has 3 rings (SSSR count). The van der Waals surface area contributed by atoms with Gasteiger partial charge >= 0.3 is 0 Å². The highest BCUT2D eigenvalue weighted by Gasteiger charge is 2.12. The molecule has 0 unspecified atom stereocenters. The Labute approximate surface area is 129 Å². The first-order chi connectivity index (χ1) is 10.1. The number of fused-ring (bicyclic) bond motifs is 1. The number of anilines is 1. The lowest BCUT2D eigenvalue weighted by Gasteiger charge is -2.07. The number of carbonyl (C=O) groups excluding carboxylic acids is 1. The van der Waals surface area contributed by atoms with E-state index < -0.39 is 0 Å². The lowest BCUT2D eigenvalue weighted by molar-refractivity contribution is 0.102. The van der Waals surface area contributed by atoms with Gasteiger partial charge in [-0.3, -0.25) is 14.8 Å². The Bertz CT molecular complexity index is 830. The van der Waals surface area contributed by atoms with Crippen molar-refractivity contribution >= 4 is 38.7 Å². The van der Waals surface area contributed by atoms with Gasteiger partial charge in [-0.15, -0.1) is 0 Å². The molecule has 5 nitrogen and oxygen atoms in total. The van der Waals surface area contributed by atoms with E-state index in [0.29, 0.717) is 22.4 Å². The molecule has 0 fully saturated rings. The number of halogens is 1. The quantitative estimate of drug-likeness (QED) is 0.775. The van der Waals surface area contributed by atoms with Gasteiger partial charge in [-0.2, -0.15) is 0 Å². The monoisotopic (exact) mass is 342 g/mol. The average molecular weight is 343 g/mol. The number of hydrogen-bond acceptors (Lipinski definition) is 4. The number of amides is 1. The van der Waals surface area contributed by atoms with Crippen LogP contribution in [-0.4, -0.2) is 20.9 Å². The van der Waals surface area contributed by atoms with Gasteiger partial charge in [0.15, 0.2) is 0 Å². The highest BCUT2D eigenvalue weighted by Crippen LogP contribution is 2.18. The van der Waals surface area contributed by atoms with E-state index in [1.807, 2.05) is 19.1 Å². The lowest BCUT2D eigenvalue weighted by atomic mass is 10.1. The van der Waals surface area contributed by atoms with E-state index >= 15 is 0 Å². The van der Waals surface area contributed by atoms with Crippen molar-refractivity contribution in [3.8, 4) is 0 Å². The van der Waals surface area contributed by atoms with Gasteiger partial charge in [-0.1, -0.05) is 6.07 Å². The van der Waals surface area contributed by atoms with Crippen LogP contribution in [0.1, 0.15) is 16.1 Å². The summed E-state index contributed by atoms with van der Waals surface area (Å²) in [7, 11) is 0. The van der Waals surface area contributed by atoms with Crippen LogP contribution in [0, 0.1) is 6.92 Å². The van der Waals surface area contributed by atoms with Gasteiger partial charge in [0.05, 0.1) is 16.8 Å². The van der Waals surface area contributed by atoms with Gasteiger partial charge in [-0.25, -0.2) is 4.98 Å². The summed E-state index contributed by atoms with van der Waals surface area (Å²) in [6.45, 7) is 1.86. The van der Waals surface area contributed by atoms with Crippen LogP contribution in [0.4, 0.5) is 5.82 Å². The Morgan fingerprint density at radius 3 is 2.76 bits per heavy atom. The van der Waals surface area contributed by atoms with Crippen molar-refractivity contribution in [2.24, 2.45) is 0 Å². The summed E-state index contributed by atoms with van der Waals surface area (Å²) in [6.07, 6.45) is 3.17. The molecule has 21 heavy (non-hydrogen) atoms. The van der Waals surface area contributed by atoms with E-state index in [1.165, 1.54) is 0 Å². The fourth-order valence-corrected chi connectivity index (χ4v) is 2.19. The minimum absolute atomic E-state index is 0.254. The molecule has 1 aromatic carbocycles. The zero-order chi connectivity index (χ0) is 14.8. The maximum absolute atomic E-state index is 12.4. The second-order valence-electron chi connectivity index (χ2n) is 4.45. The SMILES string of the molecule is Cc1nc(NC(=O)c2cccc3nccnc23)ccc1Br. The van der Waals surface area contributed by atoms with Crippen molar-refractivity contribution < 1.29 is 4.79 Å². The number of rotatable bonds is 2. The third-order valence-electron chi connectivity index (χ3n) is 3.01. The van der Waals surface area contributed by atoms with Crippen molar-refractivity contribution in [1.82, 2.24) is 15.0 Å². The maximum atomic E-state index is 12.4. The number of nitrogens with zero attached hydrogens (tertiary/aromatic N) is 3. The number of carbonyl (C=O) groups is 1. The minimum Gasteiger partial charge on any atom is -0.306 e. The third-order valence-corrected chi connectivity index (χ3v) is 3.84. The summed E-state index contributed by atoms with van der Waals surface area (Å²) in [6, 6.07) is 8.91. The molecular formula is C15H11BrN4O. The van der Waals surface area contributed by atoms with Crippen LogP contribution in [0.5, 0.6) is 0 Å². The third kappa shape index (κ3) is 2.75. The highest BCUT2D eigenvalue weighted by molar-refractivity contribution is 9.10. The van der Waals surface area contributed by atoms with Gasteiger partial charge in [0.2, 0.25) is 0 Å². The molecule has 0 aliphatic rings.